The van der Waals surface area contributed by atoms with E-state index in [-0.39, 0.29) is 4.90 Å². The van der Waals surface area contributed by atoms with Crippen LogP contribution in [0, 0.1) is 3.57 Å². The maximum atomic E-state index is 11.4. The van der Waals surface area contributed by atoms with Crippen molar-refractivity contribution >= 4 is 61.1 Å². The molecule has 0 aliphatic rings. The van der Waals surface area contributed by atoms with E-state index in [1.807, 2.05) is 18.2 Å². The molecule has 2 aromatic carbocycles. The van der Waals surface area contributed by atoms with Crippen molar-refractivity contribution < 1.29 is 8.42 Å². The Kier molecular flexibility index (Phi) is 4.46. The van der Waals surface area contributed by atoms with Gasteiger partial charge in [0.05, 0.1) is 27.0 Å². The number of benzene rings is 2. The van der Waals surface area contributed by atoms with Crippen molar-refractivity contribution in [2.45, 2.75) is 4.90 Å². The molecule has 0 fully saturated rings. The van der Waals surface area contributed by atoms with Crippen LogP contribution in [0.5, 0.6) is 0 Å². The average Bonchev–Trinajstić information content (AvgIpc) is 2.33. The summed E-state index contributed by atoms with van der Waals surface area (Å²) in [5.41, 5.74) is 7.55. The molecule has 7 heteroatoms. The second kappa shape index (κ2) is 5.79. The van der Waals surface area contributed by atoms with Crippen LogP contribution in [0.1, 0.15) is 0 Å². The number of sulfone groups is 1. The third-order valence-electron chi connectivity index (χ3n) is 2.65. The highest BCUT2D eigenvalue weighted by Gasteiger charge is 2.10. The van der Waals surface area contributed by atoms with Crippen LogP contribution in [0.3, 0.4) is 0 Å². The first-order chi connectivity index (χ1) is 9.27. The number of anilines is 3. The summed E-state index contributed by atoms with van der Waals surface area (Å²) in [5, 5.41) is 3.66. The van der Waals surface area contributed by atoms with Gasteiger partial charge in [-0.25, -0.2) is 8.42 Å². The second-order valence-electron chi connectivity index (χ2n) is 4.27. The van der Waals surface area contributed by atoms with E-state index < -0.39 is 9.84 Å². The highest BCUT2D eigenvalue weighted by molar-refractivity contribution is 14.1. The first-order valence-electron chi connectivity index (χ1n) is 5.59. The number of rotatable bonds is 3. The maximum Gasteiger partial charge on any atom is 0.175 e. The van der Waals surface area contributed by atoms with E-state index in [0.29, 0.717) is 22.1 Å². The Morgan fingerprint density at radius 2 is 1.80 bits per heavy atom. The van der Waals surface area contributed by atoms with Crippen molar-refractivity contribution in [3.8, 4) is 0 Å². The van der Waals surface area contributed by atoms with E-state index >= 15 is 0 Å². The molecule has 4 nitrogen and oxygen atoms in total. The van der Waals surface area contributed by atoms with Crippen LogP contribution in [0.4, 0.5) is 17.1 Å². The van der Waals surface area contributed by atoms with E-state index in [1.54, 1.807) is 6.07 Å². The maximum absolute atomic E-state index is 11.4. The number of hydrogen-bond donors (Lipinski definition) is 2. The molecule has 0 heterocycles. The third-order valence-corrected chi connectivity index (χ3v) is 4.75. The number of nitrogen functional groups attached to an aromatic ring is 1. The zero-order valence-electron chi connectivity index (χ0n) is 10.5. The Labute approximate surface area is 136 Å². The van der Waals surface area contributed by atoms with Crippen molar-refractivity contribution in [1.82, 2.24) is 0 Å². The van der Waals surface area contributed by atoms with Gasteiger partial charge in [0.2, 0.25) is 0 Å². The molecule has 0 aromatic heterocycles. The Morgan fingerprint density at radius 3 is 2.35 bits per heavy atom. The van der Waals surface area contributed by atoms with Crippen LogP contribution in [-0.2, 0) is 9.84 Å². The first-order valence-corrected chi connectivity index (χ1v) is 8.94. The molecule has 0 aliphatic carbocycles. The van der Waals surface area contributed by atoms with Crippen molar-refractivity contribution in [3.63, 3.8) is 0 Å². The number of halogens is 2. The molecule has 2 aromatic rings. The summed E-state index contributed by atoms with van der Waals surface area (Å²) < 4.78 is 23.9. The van der Waals surface area contributed by atoms with Crippen LogP contribution >= 0.6 is 34.2 Å². The molecular weight excluding hydrogens is 411 g/mol. The Balaban J connectivity index is 2.35. The zero-order valence-corrected chi connectivity index (χ0v) is 14.3. The lowest BCUT2D eigenvalue weighted by Gasteiger charge is -2.12. The number of nitrogens with two attached hydrogens (primary N) is 1. The van der Waals surface area contributed by atoms with Crippen molar-refractivity contribution in [2.75, 3.05) is 17.3 Å². The van der Waals surface area contributed by atoms with E-state index in [0.717, 1.165) is 9.83 Å². The van der Waals surface area contributed by atoms with Crippen LogP contribution in [0.15, 0.2) is 41.3 Å². The molecule has 0 aliphatic heterocycles. The second-order valence-corrected chi connectivity index (χ2v) is 7.94. The van der Waals surface area contributed by atoms with Crippen molar-refractivity contribution in [2.24, 2.45) is 0 Å². The summed E-state index contributed by atoms with van der Waals surface area (Å²) in [7, 11) is -3.26. The molecule has 3 N–H and O–H groups in total. The molecule has 0 unspecified atom stereocenters. The van der Waals surface area contributed by atoms with E-state index in [1.165, 1.54) is 12.1 Å². The highest BCUT2D eigenvalue weighted by atomic mass is 127. The van der Waals surface area contributed by atoms with Crippen LogP contribution in [0.2, 0.25) is 5.02 Å². The summed E-state index contributed by atoms with van der Waals surface area (Å²) >= 11 is 8.30. The van der Waals surface area contributed by atoms with Gasteiger partial charge in [-0.3, -0.25) is 0 Å². The van der Waals surface area contributed by atoms with Gasteiger partial charge in [-0.15, -0.1) is 0 Å². The largest absolute Gasteiger partial charge is 0.397 e. The topological polar surface area (TPSA) is 72.2 Å². The van der Waals surface area contributed by atoms with Gasteiger partial charge in [-0.1, -0.05) is 11.6 Å². The fourth-order valence-corrected chi connectivity index (χ4v) is 3.18. The van der Waals surface area contributed by atoms with Gasteiger partial charge in [-0.2, -0.15) is 0 Å². The van der Waals surface area contributed by atoms with Crippen molar-refractivity contribution in [1.29, 1.82) is 0 Å². The summed E-state index contributed by atoms with van der Waals surface area (Å²) in [5.74, 6) is 0. The van der Waals surface area contributed by atoms with Crippen molar-refractivity contribution in [3.05, 3.63) is 45.0 Å². The monoisotopic (exact) mass is 422 g/mol. The Hall–Kier alpha value is -0.990. The van der Waals surface area contributed by atoms with Gasteiger partial charge in [0.15, 0.2) is 9.84 Å². The smallest absolute Gasteiger partial charge is 0.175 e. The molecule has 0 radical (unpaired) electrons. The lowest BCUT2D eigenvalue weighted by Crippen LogP contribution is -2.01. The first kappa shape index (κ1) is 15.4. The molecule has 0 saturated carbocycles. The number of nitrogens with one attached hydrogen (secondary N) is 1. The highest BCUT2D eigenvalue weighted by Crippen LogP contribution is 2.30. The van der Waals surface area contributed by atoms with Gasteiger partial charge in [0, 0.05) is 9.83 Å². The normalized spacial score (nSPS) is 11.3. The average molecular weight is 423 g/mol. The quantitative estimate of drug-likeness (QED) is 0.585. The summed E-state index contributed by atoms with van der Waals surface area (Å²) in [6.45, 7) is 0. The zero-order chi connectivity index (χ0) is 14.9. The minimum atomic E-state index is -3.26. The third kappa shape index (κ3) is 3.56. The van der Waals surface area contributed by atoms with Gasteiger partial charge in [0.25, 0.3) is 0 Å². The Bertz CT molecular complexity index is 763. The molecule has 0 spiro atoms. The van der Waals surface area contributed by atoms with E-state index in [9.17, 15) is 8.42 Å². The van der Waals surface area contributed by atoms with E-state index in [2.05, 4.69) is 27.9 Å². The summed E-state index contributed by atoms with van der Waals surface area (Å²) in [4.78, 5) is 0.189. The predicted octanol–water partition coefficient (Wildman–Crippen LogP) is 3.67. The molecule has 106 valence electrons. The van der Waals surface area contributed by atoms with Gasteiger partial charge >= 0.3 is 0 Å². The lowest BCUT2D eigenvalue weighted by molar-refractivity contribution is 0.602. The van der Waals surface area contributed by atoms with Crippen LogP contribution in [-0.4, -0.2) is 14.7 Å². The van der Waals surface area contributed by atoms with Crippen LogP contribution < -0.4 is 11.1 Å². The molecule has 0 amide bonds. The molecular formula is C13H12ClIN2O2S. The fraction of sp³-hybridized carbons (Fsp3) is 0.0769. The molecule has 0 bridgehead atoms. The molecule has 0 saturated heterocycles. The molecule has 0 atom stereocenters. The molecule has 20 heavy (non-hydrogen) atoms. The SMILES string of the molecule is CS(=O)(=O)c1ccc(Nc2ccc(I)cc2Cl)c(N)c1. The lowest BCUT2D eigenvalue weighted by atomic mass is 10.2. The summed E-state index contributed by atoms with van der Waals surface area (Å²) in [6, 6.07) is 10.1. The van der Waals surface area contributed by atoms with Gasteiger partial charge in [0.1, 0.15) is 0 Å². The summed E-state index contributed by atoms with van der Waals surface area (Å²) in [6.07, 6.45) is 1.14. The predicted molar refractivity (Wildman–Crippen MR) is 91.4 cm³/mol. The van der Waals surface area contributed by atoms with Gasteiger partial charge in [-0.05, 0) is 59.0 Å². The Morgan fingerprint density at radius 1 is 1.15 bits per heavy atom. The minimum Gasteiger partial charge on any atom is -0.397 e. The van der Waals surface area contributed by atoms with E-state index in [4.69, 9.17) is 17.3 Å². The minimum absolute atomic E-state index is 0.189. The number of hydrogen-bond acceptors (Lipinski definition) is 4. The molecule has 2 rings (SSSR count). The fourth-order valence-electron chi connectivity index (χ4n) is 1.62. The standard InChI is InChI=1S/C13H12ClIN2O2S/c1-20(18,19)9-3-5-13(11(16)7-9)17-12-4-2-8(15)6-10(12)14/h2-7,17H,16H2,1H3. The van der Waals surface area contributed by atoms with Crippen LogP contribution in [0.25, 0.3) is 0 Å². The van der Waals surface area contributed by atoms with Gasteiger partial charge < -0.3 is 11.1 Å².